The first-order chi connectivity index (χ1) is 11.8. The van der Waals surface area contributed by atoms with Gasteiger partial charge in [0.05, 0.1) is 0 Å². The van der Waals surface area contributed by atoms with E-state index in [2.05, 4.69) is 46.0 Å². The number of nitrogens with one attached hydrogen (secondary N) is 1. The number of carbonyl (C=O) groups excluding carboxylic acids is 1. The third-order valence-corrected chi connectivity index (χ3v) is 8.30. The molecule has 0 aliphatic heterocycles. The molecule has 0 aromatic carbocycles. The van der Waals surface area contributed by atoms with Gasteiger partial charge in [-0.1, -0.05) is 59.1 Å². The molecule has 0 aromatic heterocycles. The summed E-state index contributed by atoms with van der Waals surface area (Å²) in [6.07, 6.45) is 13.6. The molecule has 0 aromatic rings. The van der Waals surface area contributed by atoms with E-state index in [0.29, 0.717) is 17.2 Å². The molecule has 0 bridgehead atoms. The Hall–Kier alpha value is -0.790. The maximum Gasteiger partial charge on any atom is 0.226 e. The molecular weight excluding hydrogens is 306 g/mol. The lowest BCUT2D eigenvalue weighted by molar-refractivity contribution is -0.142. The highest BCUT2D eigenvalue weighted by molar-refractivity contribution is 5.83. The Labute approximate surface area is 155 Å². The second-order valence-corrected chi connectivity index (χ2v) is 10.0. The van der Waals surface area contributed by atoms with Gasteiger partial charge in [-0.05, 0) is 67.6 Å². The highest BCUT2D eigenvalue weighted by Crippen LogP contribution is 2.63. The smallest absolute Gasteiger partial charge is 0.226 e. The first-order valence-corrected chi connectivity index (χ1v) is 10.8. The summed E-state index contributed by atoms with van der Waals surface area (Å²) in [5.41, 5.74) is 2.28. The van der Waals surface area contributed by atoms with Crippen molar-refractivity contribution in [2.45, 2.75) is 92.4 Å². The molecule has 2 unspecified atom stereocenters. The maximum atomic E-state index is 13.1. The van der Waals surface area contributed by atoms with Crippen LogP contribution in [0.5, 0.6) is 0 Å². The van der Waals surface area contributed by atoms with E-state index in [-0.39, 0.29) is 10.8 Å². The highest BCUT2D eigenvalue weighted by Gasteiger charge is 2.57. The van der Waals surface area contributed by atoms with Crippen LogP contribution in [0.1, 0.15) is 92.4 Å². The van der Waals surface area contributed by atoms with Gasteiger partial charge in [-0.25, -0.2) is 0 Å². The van der Waals surface area contributed by atoms with Gasteiger partial charge >= 0.3 is 0 Å². The average molecular weight is 346 g/mol. The summed E-state index contributed by atoms with van der Waals surface area (Å²) in [6, 6.07) is 0. The zero-order chi connectivity index (χ0) is 18.3. The average Bonchev–Trinajstić information content (AvgIpc) is 2.59. The predicted octanol–water partition coefficient (Wildman–Crippen LogP) is 5.87. The molecular formula is C23H39NO. The van der Waals surface area contributed by atoms with Crippen molar-refractivity contribution in [3.8, 4) is 0 Å². The second-order valence-electron chi connectivity index (χ2n) is 10.0. The quantitative estimate of drug-likeness (QED) is 0.634. The molecule has 0 saturated heterocycles. The summed E-state index contributed by atoms with van der Waals surface area (Å²) in [7, 11) is 0. The van der Waals surface area contributed by atoms with Gasteiger partial charge in [0.2, 0.25) is 5.91 Å². The molecule has 3 aliphatic carbocycles. The Bertz CT molecular complexity index is 552. The Morgan fingerprint density at radius 1 is 1.20 bits per heavy atom. The summed E-state index contributed by atoms with van der Waals surface area (Å²) in [5, 5.41) is 3.23. The molecule has 2 saturated carbocycles. The number of fused-ring (bicyclic) bond motifs is 3. The molecule has 2 heteroatoms. The zero-order valence-electron chi connectivity index (χ0n) is 17.2. The molecule has 25 heavy (non-hydrogen) atoms. The van der Waals surface area contributed by atoms with Crippen LogP contribution in [0.2, 0.25) is 0 Å². The number of hydrogen-bond acceptors (Lipinski definition) is 1. The SMILES string of the molecule is CCCNC(=O)[C@]1(C)CCC[C@@]2(C)C3=CC[C@](C)(CC)CC3CCC12. The van der Waals surface area contributed by atoms with E-state index in [9.17, 15) is 4.79 Å². The van der Waals surface area contributed by atoms with Crippen LogP contribution < -0.4 is 5.32 Å². The fraction of sp³-hybridized carbons (Fsp3) is 0.870. The summed E-state index contributed by atoms with van der Waals surface area (Å²) in [6.45, 7) is 12.5. The van der Waals surface area contributed by atoms with Crippen LogP contribution in [0, 0.1) is 28.1 Å². The van der Waals surface area contributed by atoms with Crippen molar-refractivity contribution in [3.63, 3.8) is 0 Å². The van der Waals surface area contributed by atoms with Crippen LogP contribution in [0.4, 0.5) is 0 Å². The van der Waals surface area contributed by atoms with Crippen molar-refractivity contribution >= 4 is 5.91 Å². The van der Waals surface area contributed by atoms with Gasteiger partial charge in [0.25, 0.3) is 0 Å². The van der Waals surface area contributed by atoms with Gasteiger partial charge in [-0.15, -0.1) is 0 Å². The van der Waals surface area contributed by atoms with E-state index in [1.807, 2.05) is 0 Å². The molecule has 3 aliphatic rings. The third kappa shape index (κ3) is 3.08. The van der Waals surface area contributed by atoms with Crippen LogP contribution in [0.3, 0.4) is 0 Å². The lowest BCUT2D eigenvalue weighted by Gasteiger charge is -2.58. The Morgan fingerprint density at radius 3 is 2.64 bits per heavy atom. The van der Waals surface area contributed by atoms with E-state index in [1.165, 1.54) is 44.9 Å². The normalized spacial score (nSPS) is 43.6. The lowest BCUT2D eigenvalue weighted by Crippen LogP contribution is -2.55. The van der Waals surface area contributed by atoms with Gasteiger partial charge < -0.3 is 5.32 Å². The standard InChI is InChI=1S/C23H39NO/c1-6-15-24-20(25)23(5)13-8-12-22(4)18-11-14-21(3,7-2)16-17(18)9-10-19(22)23/h11,17,19H,6-10,12-16H2,1-5H3,(H,24,25)/t17?,19?,21-,22-,23+/m0/s1. The molecule has 142 valence electrons. The summed E-state index contributed by atoms with van der Waals surface area (Å²) in [5.74, 6) is 1.60. The number of hydrogen-bond donors (Lipinski definition) is 1. The van der Waals surface area contributed by atoms with Gasteiger partial charge in [0.15, 0.2) is 0 Å². The third-order valence-electron chi connectivity index (χ3n) is 8.30. The van der Waals surface area contributed by atoms with Crippen molar-refractivity contribution in [1.29, 1.82) is 0 Å². The minimum atomic E-state index is -0.181. The molecule has 0 spiro atoms. The van der Waals surface area contributed by atoms with E-state index in [1.54, 1.807) is 5.57 Å². The van der Waals surface area contributed by atoms with Crippen LogP contribution in [-0.4, -0.2) is 12.5 Å². The predicted molar refractivity (Wildman–Crippen MR) is 105 cm³/mol. The summed E-state index contributed by atoms with van der Waals surface area (Å²) in [4.78, 5) is 13.1. The Balaban J connectivity index is 1.90. The largest absolute Gasteiger partial charge is 0.356 e. The molecule has 3 rings (SSSR count). The fourth-order valence-corrected chi connectivity index (χ4v) is 6.49. The van der Waals surface area contributed by atoms with Crippen molar-refractivity contribution in [2.75, 3.05) is 6.54 Å². The van der Waals surface area contributed by atoms with Crippen LogP contribution in [0.15, 0.2) is 11.6 Å². The highest BCUT2D eigenvalue weighted by atomic mass is 16.2. The first kappa shape index (κ1) is 19.0. The molecule has 2 fully saturated rings. The van der Waals surface area contributed by atoms with Crippen molar-refractivity contribution < 1.29 is 4.79 Å². The summed E-state index contributed by atoms with van der Waals surface area (Å²) >= 11 is 0. The lowest BCUT2D eigenvalue weighted by atomic mass is 9.46. The van der Waals surface area contributed by atoms with E-state index < -0.39 is 0 Å². The molecule has 1 amide bonds. The second kappa shape index (κ2) is 6.74. The first-order valence-electron chi connectivity index (χ1n) is 10.8. The Morgan fingerprint density at radius 2 is 1.96 bits per heavy atom. The zero-order valence-corrected chi connectivity index (χ0v) is 17.2. The van der Waals surface area contributed by atoms with E-state index in [0.717, 1.165) is 25.3 Å². The fourth-order valence-electron chi connectivity index (χ4n) is 6.49. The molecule has 1 N–H and O–H groups in total. The topological polar surface area (TPSA) is 29.1 Å². The summed E-state index contributed by atoms with van der Waals surface area (Å²) < 4.78 is 0. The number of allylic oxidation sites excluding steroid dienone is 2. The van der Waals surface area contributed by atoms with Crippen molar-refractivity contribution in [3.05, 3.63) is 11.6 Å². The maximum absolute atomic E-state index is 13.1. The minimum Gasteiger partial charge on any atom is -0.356 e. The molecule has 2 nitrogen and oxygen atoms in total. The van der Waals surface area contributed by atoms with Gasteiger partial charge in [-0.2, -0.15) is 0 Å². The van der Waals surface area contributed by atoms with Gasteiger partial charge in [-0.3, -0.25) is 4.79 Å². The number of carbonyl (C=O) groups is 1. The molecule has 0 radical (unpaired) electrons. The Kier molecular flexibility index (Phi) is 5.12. The molecule has 0 heterocycles. The minimum absolute atomic E-state index is 0.181. The number of amides is 1. The van der Waals surface area contributed by atoms with Crippen molar-refractivity contribution in [2.24, 2.45) is 28.1 Å². The molecule has 5 atom stereocenters. The van der Waals surface area contributed by atoms with Gasteiger partial charge in [0.1, 0.15) is 0 Å². The van der Waals surface area contributed by atoms with Crippen LogP contribution in [-0.2, 0) is 4.79 Å². The number of rotatable bonds is 4. The van der Waals surface area contributed by atoms with Crippen LogP contribution in [0.25, 0.3) is 0 Å². The van der Waals surface area contributed by atoms with E-state index in [4.69, 9.17) is 0 Å². The van der Waals surface area contributed by atoms with Crippen molar-refractivity contribution in [1.82, 2.24) is 5.32 Å². The monoisotopic (exact) mass is 345 g/mol. The van der Waals surface area contributed by atoms with Crippen LogP contribution >= 0.6 is 0 Å². The van der Waals surface area contributed by atoms with Gasteiger partial charge in [0, 0.05) is 12.0 Å². The van der Waals surface area contributed by atoms with E-state index >= 15 is 0 Å².